The highest BCUT2D eigenvalue weighted by atomic mass is 35.5. The molecule has 0 bridgehead atoms. The van der Waals surface area contributed by atoms with Gasteiger partial charge in [-0.15, -0.1) is 0 Å². The number of amides is 2. The Morgan fingerprint density at radius 3 is 2.52 bits per heavy atom. The fourth-order valence-electron chi connectivity index (χ4n) is 3.04. The summed E-state index contributed by atoms with van der Waals surface area (Å²) in [6.45, 7) is 0.283. The average molecular weight is 387 g/mol. The zero-order valence-electron chi connectivity index (χ0n) is 14.5. The van der Waals surface area contributed by atoms with E-state index in [9.17, 15) is 14.4 Å². The minimum Gasteiger partial charge on any atom is -0.481 e. The molecule has 3 rings (SSSR count). The third kappa shape index (κ3) is 4.65. The molecule has 1 fully saturated rings. The first kappa shape index (κ1) is 18.9. The minimum atomic E-state index is -0.846. The summed E-state index contributed by atoms with van der Waals surface area (Å²) in [6.07, 6.45) is 0.634. The lowest BCUT2D eigenvalue weighted by Gasteiger charge is -2.18. The lowest BCUT2D eigenvalue weighted by atomic mass is 10.1. The predicted molar refractivity (Wildman–Crippen MR) is 103 cm³/mol. The molecule has 0 aromatic heterocycles. The van der Waals surface area contributed by atoms with Gasteiger partial charge in [-0.1, -0.05) is 35.9 Å². The zero-order valence-corrected chi connectivity index (χ0v) is 15.3. The first-order valence-electron chi connectivity index (χ1n) is 8.60. The Morgan fingerprint density at radius 1 is 1.15 bits per heavy atom. The summed E-state index contributed by atoms with van der Waals surface area (Å²) in [6, 6.07) is 14.1. The van der Waals surface area contributed by atoms with Crippen LogP contribution in [-0.4, -0.2) is 29.4 Å². The van der Waals surface area contributed by atoms with Gasteiger partial charge < -0.3 is 15.3 Å². The van der Waals surface area contributed by atoms with E-state index < -0.39 is 11.9 Å². The van der Waals surface area contributed by atoms with Crippen LogP contribution >= 0.6 is 11.6 Å². The van der Waals surface area contributed by atoms with Crippen molar-refractivity contribution in [2.24, 2.45) is 5.92 Å². The highest BCUT2D eigenvalue weighted by Gasteiger charge is 2.35. The van der Waals surface area contributed by atoms with Gasteiger partial charge in [0.1, 0.15) is 0 Å². The standard InChI is InChI=1S/C20H19ClN2O4/c21-16-3-1-2-4-17(16)23-12-14(11-18(23)24)20(27)22-15-8-5-13(6-9-15)7-10-19(25)26/h1-6,8-9,14H,7,10-12H2,(H,22,27)(H,25,26). The molecule has 1 aliphatic heterocycles. The van der Waals surface area contributed by atoms with Crippen LogP contribution in [0.2, 0.25) is 5.02 Å². The molecule has 7 heteroatoms. The van der Waals surface area contributed by atoms with Crippen molar-refractivity contribution in [3.8, 4) is 0 Å². The monoisotopic (exact) mass is 386 g/mol. The Hall–Kier alpha value is -2.86. The Labute approximate surface area is 161 Å². The number of carbonyl (C=O) groups is 3. The molecule has 27 heavy (non-hydrogen) atoms. The predicted octanol–water partition coefficient (Wildman–Crippen LogP) is 3.35. The number of halogens is 1. The minimum absolute atomic E-state index is 0.0633. The van der Waals surface area contributed by atoms with Crippen molar-refractivity contribution in [3.63, 3.8) is 0 Å². The van der Waals surface area contributed by atoms with Crippen LogP contribution in [0.25, 0.3) is 0 Å². The molecule has 1 unspecified atom stereocenters. The Bertz CT molecular complexity index is 867. The molecule has 1 atom stereocenters. The van der Waals surface area contributed by atoms with Gasteiger partial charge in [-0.05, 0) is 36.2 Å². The van der Waals surface area contributed by atoms with Crippen LogP contribution in [0.3, 0.4) is 0 Å². The van der Waals surface area contributed by atoms with E-state index in [4.69, 9.17) is 16.7 Å². The molecule has 1 heterocycles. The molecule has 2 aromatic carbocycles. The summed E-state index contributed by atoms with van der Waals surface area (Å²) in [5.41, 5.74) is 2.11. The number of hydrogen-bond donors (Lipinski definition) is 2. The van der Waals surface area contributed by atoms with E-state index in [2.05, 4.69) is 5.32 Å². The van der Waals surface area contributed by atoms with Gasteiger partial charge in [0.05, 0.1) is 16.6 Å². The fourth-order valence-corrected chi connectivity index (χ4v) is 3.27. The molecular weight excluding hydrogens is 368 g/mol. The normalized spacial score (nSPS) is 16.4. The van der Waals surface area contributed by atoms with Crippen LogP contribution in [0.4, 0.5) is 11.4 Å². The largest absolute Gasteiger partial charge is 0.481 e. The Balaban J connectivity index is 1.61. The first-order chi connectivity index (χ1) is 12.9. The van der Waals surface area contributed by atoms with E-state index in [1.54, 1.807) is 53.4 Å². The van der Waals surface area contributed by atoms with Gasteiger partial charge in [0.2, 0.25) is 11.8 Å². The summed E-state index contributed by atoms with van der Waals surface area (Å²) in [4.78, 5) is 37.0. The quantitative estimate of drug-likeness (QED) is 0.797. The molecule has 2 aromatic rings. The summed E-state index contributed by atoms with van der Waals surface area (Å²) in [7, 11) is 0. The summed E-state index contributed by atoms with van der Waals surface area (Å²) in [5, 5.41) is 12.0. The number of benzene rings is 2. The molecule has 140 valence electrons. The van der Waals surface area contributed by atoms with E-state index in [-0.39, 0.29) is 31.2 Å². The fraction of sp³-hybridized carbons (Fsp3) is 0.250. The van der Waals surface area contributed by atoms with Crippen LogP contribution < -0.4 is 10.2 Å². The van der Waals surface area contributed by atoms with Gasteiger partial charge in [-0.2, -0.15) is 0 Å². The second-order valence-electron chi connectivity index (χ2n) is 6.44. The maximum absolute atomic E-state index is 12.5. The molecule has 1 saturated heterocycles. The van der Waals surface area contributed by atoms with Gasteiger partial charge in [0.15, 0.2) is 0 Å². The summed E-state index contributed by atoms with van der Waals surface area (Å²) >= 11 is 6.16. The van der Waals surface area contributed by atoms with E-state index >= 15 is 0 Å². The van der Waals surface area contributed by atoms with Crippen LogP contribution in [0, 0.1) is 5.92 Å². The summed E-state index contributed by atoms with van der Waals surface area (Å²) < 4.78 is 0. The van der Waals surface area contributed by atoms with Crippen molar-refractivity contribution in [3.05, 3.63) is 59.1 Å². The van der Waals surface area contributed by atoms with E-state index in [0.29, 0.717) is 22.8 Å². The number of carboxylic acids is 1. The van der Waals surface area contributed by atoms with Gasteiger partial charge in [0, 0.05) is 25.1 Å². The zero-order chi connectivity index (χ0) is 19.4. The molecule has 1 aliphatic rings. The van der Waals surface area contributed by atoms with E-state index in [1.165, 1.54) is 0 Å². The first-order valence-corrected chi connectivity index (χ1v) is 8.98. The lowest BCUT2D eigenvalue weighted by molar-refractivity contribution is -0.137. The van der Waals surface area contributed by atoms with Crippen molar-refractivity contribution >= 4 is 40.8 Å². The second-order valence-corrected chi connectivity index (χ2v) is 6.84. The second kappa shape index (κ2) is 8.22. The SMILES string of the molecule is O=C(O)CCc1ccc(NC(=O)C2CC(=O)N(c3ccccc3Cl)C2)cc1. The van der Waals surface area contributed by atoms with Crippen molar-refractivity contribution in [1.29, 1.82) is 0 Å². The molecule has 0 radical (unpaired) electrons. The van der Waals surface area contributed by atoms with Crippen molar-refractivity contribution in [2.45, 2.75) is 19.3 Å². The number of para-hydroxylation sites is 1. The Kier molecular flexibility index (Phi) is 5.76. The highest BCUT2D eigenvalue weighted by Crippen LogP contribution is 2.31. The molecule has 0 aliphatic carbocycles. The summed E-state index contributed by atoms with van der Waals surface area (Å²) in [5.74, 6) is -1.66. The molecular formula is C20H19ClN2O4. The maximum atomic E-state index is 12.5. The van der Waals surface area contributed by atoms with Crippen LogP contribution in [0.15, 0.2) is 48.5 Å². The number of nitrogens with one attached hydrogen (secondary N) is 1. The topological polar surface area (TPSA) is 86.7 Å². The highest BCUT2D eigenvalue weighted by molar-refractivity contribution is 6.33. The number of carbonyl (C=O) groups excluding carboxylic acids is 2. The molecule has 2 N–H and O–H groups in total. The third-order valence-corrected chi connectivity index (χ3v) is 4.81. The maximum Gasteiger partial charge on any atom is 0.303 e. The van der Waals surface area contributed by atoms with E-state index in [0.717, 1.165) is 5.56 Å². The number of aryl methyl sites for hydroxylation is 1. The third-order valence-electron chi connectivity index (χ3n) is 4.49. The number of carboxylic acid groups (broad SMARTS) is 1. The van der Waals surface area contributed by atoms with Crippen molar-refractivity contribution in [1.82, 2.24) is 0 Å². The van der Waals surface area contributed by atoms with Gasteiger partial charge in [0.25, 0.3) is 0 Å². The number of hydrogen-bond acceptors (Lipinski definition) is 3. The number of nitrogens with zero attached hydrogens (tertiary/aromatic N) is 1. The molecule has 0 saturated carbocycles. The van der Waals surface area contributed by atoms with Crippen LogP contribution in [0.1, 0.15) is 18.4 Å². The van der Waals surface area contributed by atoms with Crippen molar-refractivity contribution in [2.75, 3.05) is 16.8 Å². The molecule has 2 amide bonds. The van der Waals surface area contributed by atoms with E-state index in [1.807, 2.05) is 0 Å². The average Bonchev–Trinajstić information content (AvgIpc) is 3.03. The number of rotatable bonds is 6. The lowest BCUT2D eigenvalue weighted by Crippen LogP contribution is -2.28. The van der Waals surface area contributed by atoms with Crippen molar-refractivity contribution < 1.29 is 19.5 Å². The Morgan fingerprint density at radius 2 is 1.85 bits per heavy atom. The van der Waals surface area contributed by atoms with Gasteiger partial charge in [-0.3, -0.25) is 14.4 Å². The molecule has 6 nitrogen and oxygen atoms in total. The van der Waals surface area contributed by atoms with Gasteiger partial charge >= 0.3 is 5.97 Å². The van der Waals surface area contributed by atoms with Crippen LogP contribution in [0.5, 0.6) is 0 Å². The van der Waals surface area contributed by atoms with Crippen LogP contribution in [-0.2, 0) is 20.8 Å². The molecule has 0 spiro atoms. The smallest absolute Gasteiger partial charge is 0.303 e. The number of aliphatic carboxylic acids is 1. The van der Waals surface area contributed by atoms with Gasteiger partial charge in [-0.25, -0.2) is 0 Å². The number of anilines is 2.